The van der Waals surface area contributed by atoms with E-state index >= 15 is 0 Å². The lowest BCUT2D eigenvalue weighted by Gasteiger charge is -2.30. The van der Waals surface area contributed by atoms with Crippen LogP contribution in [0.25, 0.3) is 5.69 Å². The summed E-state index contributed by atoms with van der Waals surface area (Å²) in [4.78, 5) is 16.5. The van der Waals surface area contributed by atoms with Crippen LogP contribution in [0.3, 0.4) is 0 Å². The van der Waals surface area contributed by atoms with Gasteiger partial charge in [0.2, 0.25) is 0 Å². The molecule has 2 aromatic carbocycles. The van der Waals surface area contributed by atoms with Crippen molar-refractivity contribution in [2.24, 2.45) is 0 Å². The molecule has 1 N–H and O–H groups in total. The molecule has 0 saturated carbocycles. The Morgan fingerprint density at radius 3 is 2.62 bits per heavy atom. The summed E-state index contributed by atoms with van der Waals surface area (Å²) in [5.74, 6) is 0. The molecule has 2 amide bonds. The highest BCUT2D eigenvalue weighted by atomic mass is 32.1. The number of nitrogens with zero attached hydrogens (tertiary/aromatic N) is 2. The van der Waals surface area contributed by atoms with Crippen LogP contribution in [0.1, 0.15) is 27.7 Å². The molecule has 0 radical (unpaired) electrons. The van der Waals surface area contributed by atoms with Crippen LogP contribution >= 0.6 is 11.3 Å². The van der Waals surface area contributed by atoms with Crippen molar-refractivity contribution in [3.63, 3.8) is 0 Å². The number of urea groups is 1. The molecular weight excluding hydrogens is 378 g/mol. The lowest BCUT2D eigenvalue weighted by atomic mass is 10.1. The summed E-state index contributed by atoms with van der Waals surface area (Å²) < 4.78 is 2.21. The summed E-state index contributed by atoms with van der Waals surface area (Å²) in [5.41, 5.74) is 5.32. The zero-order valence-electron chi connectivity index (χ0n) is 16.1. The Bertz CT molecular complexity index is 1150. The number of aromatic nitrogens is 1. The van der Waals surface area contributed by atoms with E-state index in [2.05, 4.69) is 45.7 Å². The SMILES string of the molecule is Cc1ccc(NC(=O)N2Cc3ccccc3-n3cccc3C2c2cccs2)cc1. The minimum Gasteiger partial charge on any atom is -0.318 e. The number of aryl methyl sites for hydroxylation is 1. The van der Waals surface area contributed by atoms with Crippen LogP contribution in [-0.4, -0.2) is 15.5 Å². The van der Waals surface area contributed by atoms with Gasteiger partial charge in [0.05, 0.1) is 17.9 Å². The molecule has 144 valence electrons. The van der Waals surface area contributed by atoms with Crippen molar-refractivity contribution >= 4 is 23.1 Å². The highest BCUT2D eigenvalue weighted by Crippen LogP contribution is 2.38. The molecular formula is C24H21N3OS. The summed E-state index contributed by atoms with van der Waals surface area (Å²) in [6.45, 7) is 2.58. The number of amides is 2. The minimum absolute atomic E-state index is 0.100. The smallest absolute Gasteiger partial charge is 0.318 e. The van der Waals surface area contributed by atoms with Crippen molar-refractivity contribution in [1.29, 1.82) is 0 Å². The van der Waals surface area contributed by atoms with Crippen LogP contribution < -0.4 is 5.32 Å². The van der Waals surface area contributed by atoms with Crippen molar-refractivity contribution in [2.45, 2.75) is 19.5 Å². The van der Waals surface area contributed by atoms with Gasteiger partial charge in [-0.25, -0.2) is 4.79 Å². The van der Waals surface area contributed by atoms with Gasteiger partial charge < -0.3 is 14.8 Å². The molecule has 4 nitrogen and oxygen atoms in total. The van der Waals surface area contributed by atoms with Crippen LogP contribution in [-0.2, 0) is 6.54 Å². The largest absolute Gasteiger partial charge is 0.323 e. The molecule has 4 aromatic rings. The van der Waals surface area contributed by atoms with Gasteiger partial charge in [0, 0.05) is 16.8 Å². The van der Waals surface area contributed by atoms with E-state index in [1.54, 1.807) is 11.3 Å². The molecule has 1 aliphatic heterocycles. The third-order valence-corrected chi connectivity index (χ3v) is 6.27. The van der Waals surface area contributed by atoms with Crippen molar-refractivity contribution in [3.05, 3.63) is 106 Å². The molecule has 1 atom stereocenters. The van der Waals surface area contributed by atoms with Crippen LogP contribution in [0, 0.1) is 6.92 Å². The van der Waals surface area contributed by atoms with Gasteiger partial charge in [0.15, 0.2) is 0 Å². The van der Waals surface area contributed by atoms with Crippen molar-refractivity contribution in [1.82, 2.24) is 9.47 Å². The van der Waals surface area contributed by atoms with E-state index in [0.717, 1.165) is 27.5 Å². The summed E-state index contributed by atoms with van der Waals surface area (Å²) >= 11 is 1.68. The monoisotopic (exact) mass is 399 g/mol. The minimum atomic E-state index is -0.150. The van der Waals surface area contributed by atoms with Gasteiger partial charge >= 0.3 is 6.03 Å². The average Bonchev–Trinajstić information content (AvgIpc) is 3.41. The topological polar surface area (TPSA) is 37.3 Å². The number of benzene rings is 2. The number of rotatable bonds is 2. The van der Waals surface area contributed by atoms with E-state index in [9.17, 15) is 4.79 Å². The molecule has 1 aliphatic rings. The number of thiophene rings is 1. The number of para-hydroxylation sites is 1. The van der Waals surface area contributed by atoms with Crippen molar-refractivity contribution < 1.29 is 4.79 Å². The van der Waals surface area contributed by atoms with Crippen LogP contribution in [0.15, 0.2) is 84.4 Å². The highest BCUT2D eigenvalue weighted by molar-refractivity contribution is 7.10. The Morgan fingerprint density at radius 1 is 1.00 bits per heavy atom. The van der Waals surface area contributed by atoms with Gasteiger partial charge in [-0.05, 0) is 54.3 Å². The first-order valence-electron chi connectivity index (χ1n) is 9.64. The average molecular weight is 400 g/mol. The molecule has 2 aromatic heterocycles. The predicted octanol–water partition coefficient (Wildman–Crippen LogP) is 5.98. The number of nitrogens with one attached hydrogen (secondary N) is 1. The van der Waals surface area contributed by atoms with E-state index in [0.29, 0.717) is 6.54 Å². The second-order valence-electron chi connectivity index (χ2n) is 7.27. The first-order valence-corrected chi connectivity index (χ1v) is 10.5. The van der Waals surface area contributed by atoms with E-state index in [1.807, 2.05) is 60.4 Å². The maximum absolute atomic E-state index is 13.5. The first-order chi connectivity index (χ1) is 14.2. The number of carbonyl (C=O) groups excluding carboxylic acids is 1. The van der Waals surface area contributed by atoms with Gasteiger partial charge in [0.1, 0.15) is 6.04 Å². The quantitative estimate of drug-likeness (QED) is 0.442. The Balaban J connectivity index is 1.60. The maximum Gasteiger partial charge on any atom is 0.323 e. The number of fused-ring (bicyclic) bond motifs is 3. The van der Waals surface area contributed by atoms with Crippen molar-refractivity contribution in [2.75, 3.05) is 5.32 Å². The molecule has 1 unspecified atom stereocenters. The molecule has 0 saturated heterocycles. The van der Waals surface area contributed by atoms with E-state index in [1.165, 1.54) is 5.56 Å². The Morgan fingerprint density at radius 2 is 1.83 bits per heavy atom. The third kappa shape index (κ3) is 3.23. The lowest BCUT2D eigenvalue weighted by molar-refractivity contribution is 0.195. The van der Waals surface area contributed by atoms with Crippen LogP contribution in [0.4, 0.5) is 10.5 Å². The zero-order chi connectivity index (χ0) is 19.8. The van der Waals surface area contributed by atoms with Gasteiger partial charge in [-0.3, -0.25) is 0 Å². The summed E-state index contributed by atoms with van der Waals surface area (Å²) in [5, 5.41) is 5.16. The fraction of sp³-hybridized carbons (Fsp3) is 0.125. The summed E-state index contributed by atoms with van der Waals surface area (Å²) in [6.07, 6.45) is 2.08. The van der Waals surface area contributed by atoms with E-state index < -0.39 is 0 Å². The summed E-state index contributed by atoms with van der Waals surface area (Å²) in [6, 6.07) is 24.3. The number of hydrogen-bond donors (Lipinski definition) is 1. The van der Waals surface area contributed by atoms with Crippen LogP contribution in [0.2, 0.25) is 0 Å². The summed E-state index contributed by atoms with van der Waals surface area (Å²) in [7, 11) is 0. The normalized spacial score (nSPS) is 15.3. The molecule has 0 aliphatic carbocycles. The standard InChI is InChI=1S/C24H21N3OS/c1-17-10-12-19(13-11-17)25-24(28)27-16-18-6-2-3-7-20(18)26-14-4-8-21(26)23(27)22-9-5-15-29-22/h2-15,23H,16H2,1H3,(H,25,28). The molecule has 3 heterocycles. The molecule has 5 heteroatoms. The number of carbonyl (C=O) groups is 1. The molecule has 0 fully saturated rings. The van der Waals surface area contributed by atoms with Gasteiger partial charge in [-0.15, -0.1) is 11.3 Å². The molecule has 29 heavy (non-hydrogen) atoms. The van der Waals surface area contributed by atoms with Gasteiger partial charge in [0.25, 0.3) is 0 Å². The molecule has 0 bridgehead atoms. The van der Waals surface area contributed by atoms with Crippen LogP contribution in [0.5, 0.6) is 0 Å². The van der Waals surface area contributed by atoms with E-state index in [4.69, 9.17) is 0 Å². The molecule has 0 spiro atoms. The van der Waals surface area contributed by atoms with Gasteiger partial charge in [-0.1, -0.05) is 42.0 Å². The van der Waals surface area contributed by atoms with E-state index in [-0.39, 0.29) is 12.1 Å². The Labute approximate surface area is 174 Å². The Kier molecular flexibility index (Phi) is 4.45. The predicted molar refractivity (Wildman–Crippen MR) is 118 cm³/mol. The highest BCUT2D eigenvalue weighted by Gasteiger charge is 2.33. The lowest BCUT2D eigenvalue weighted by Crippen LogP contribution is -2.37. The number of anilines is 1. The zero-order valence-corrected chi connectivity index (χ0v) is 16.9. The fourth-order valence-corrected chi connectivity index (χ4v) is 4.77. The maximum atomic E-state index is 13.5. The number of hydrogen-bond acceptors (Lipinski definition) is 2. The molecule has 5 rings (SSSR count). The van der Waals surface area contributed by atoms with Gasteiger partial charge in [-0.2, -0.15) is 0 Å². The Hall–Kier alpha value is -3.31. The van der Waals surface area contributed by atoms with Crippen molar-refractivity contribution in [3.8, 4) is 5.69 Å². The second-order valence-corrected chi connectivity index (χ2v) is 8.25. The first kappa shape index (κ1) is 17.8. The fourth-order valence-electron chi connectivity index (χ4n) is 3.92. The second kappa shape index (κ2) is 7.26. The third-order valence-electron chi connectivity index (χ3n) is 5.34.